The molecule has 0 heterocycles. The van der Waals surface area contributed by atoms with Crippen LogP contribution in [0.1, 0.15) is 255 Å². The van der Waals surface area contributed by atoms with Crippen LogP contribution in [0.25, 0.3) is 0 Å². The van der Waals surface area contributed by atoms with Crippen LogP contribution < -0.4 is 0 Å². The lowest BCUT2D eigenvalue weighted by atomic mass is 9.33. The third-order valence-corrected chi connectivity index (χ3v) is 18.8. The summed E-state index contributed by atoms with van der Waals surface area (Å²) in [4.78, 5) is 13.3. The molecule has 0 bridgehead atoms. The molecule has 55 heavy (non-hydrogen) atoms. The smallest absolute Gasteiger partial charge is 0.306 e. The van der Waals surface area contributed by atoms with E-state index in [1.807, 2.05) is 5.57 Å². The fourth-order valence-electron chi connectivity index (χ4n) is 14.7. The number of ether oxygens (including phenoxy) is 1. The summed E-state index contributed by atoms with van der Waals surface area (Å²) >= 11 is 0. The monoisotopic (exact) mass is 763 g/mol. The van der Waals surface area contributed by atoms with Gasteiger partial charge in [0.2, 0.25) is 0 Å². The highest BCUT2D eigenvalue weighted by molar-refractivity contribution is 5.69. The topological polar surface area (TPSA) is 26.3 Å². The SMILES string of the molecule is CCCCCCCCCCCCCCCCCCCCCC(=O)O[C@@H]1CC[C@]2(C)[C@H]3CC=C4[C@H]5CC(C)(C)CC[C@]5(C)[C@@H](C)C[C@@]4(C)[C@]3(C)CC[C@H]2C1(C)C. The van der Waals surface area contributed by atoms with Crippen molar-refractivity contribution in [2.24, 2.45) is 56.2 Å². The normalized spacial score (nSPS) is 37.6. The van der Waals surface area contributed by atoms with E-state index >= 15 is 0 Å². The zero-order valence-corrected chi connectivity index (χ0v) is 38.8. The van der Waals surface area contributed by atoms with Gasteiger partial charge in [0.05, 0.1) is 0 Å². The molecule has 0 aliphatic heterocycles. The molecular formula is C53H94O2. The molecule has 0 aromatic carbocycles. The van der Waals surface area contributed by atoms with Gasteiger partial charge in [-0.3, -0.25) is 4.79 Å². The van der Waals surface area contributed by atoms with E-state index < -0.39 is 0 Å². The van der Waals surface area contributed by atoms with Crippen LogP contribution in [0.5, 0.6) is 0 Å². The van der Waals surface area contributed by atoms with Crippen molar-refractivity contribution in [3.63, 3.8) is 0 Å². The fraction of sp³-hybridized carbons (Fsp3) is 0.943. The van der Waals surface area contributed by atoms with Gasteiger partial charge in [-0.2, -0.15) is 0 Å². The number of hydrogen-bond acceptors (Lipinski definition) is 2. The van der Waals surface area contributed by atoms with Crippen LogP contribution in [-0.2, 0) is 9.53 Å². The van der Waals surface area contributed by atoms with Crippen molar-refractivity contribution in [1.29, 1.82) is 0 Å². The molecule has 318 valence electrons. The van der Waals surface area contributed by atoms with Crippen molar-refractivity contribution in [2.45, 2.75) is 262 Å². The summed E-state index contributed by atoms with van der Waals surface area (Å²) in [6.07, 6.45) is 41.3. The Kier molecular flexibility index (Phi) is 15.7. The van der Waals surface area contributed by atoms with Crippen LogP contribution in [0.15, 0.2) is 11.6 Å². The van der Waals surface area contributed by atoms with Crippen LogP contribution in [0, 0.1) is 56.2 Å². The highest BCUT2D eigenvalue weighted by Gasteiger charge is 2.69. The van der Waals surface area contributed by atoms with Crippen molar-refractivity contribution in [2.75, 3.05) is 0 Å². The zero-order valence-electron chi connectivity index (χ0n) is 38.8. The number of fused-ring (bicyclic) bond motifs is 7. The zero-order chi connectivity index (χ0) is 40.0. The van der Waals surface area contributed by atoms with Gasteiger partial charge in [-0.05, 0) is 115 Å². The first-order valence-corrected chi connectivity index (χ1v) is 25.0. The molecule has 5 rings (SSSR count). The van der Waals surface area contributed by atoms with Gasteiger partial charge in [-0.1, -0.05) is 196 Å². The van der Waals surface area contributed by atoms with Crippen LogP contribution in [0.3, 0.4) is 0 Å². The summed E-state index contributed by atoms with van der Waals surface area (Å²) in [6.45, 7) is 25.8. The van der Waals surface area contributed by atoms with E-state index in [1.54, 1.807) is 0 Å². The van der Waals surface area contributed by atoms with Crippen LogP contribution in [0.2, 0.25) is 0 Å². The predicted molar refractivity (Wildman–Crippen MR) is 237 cm³/mol. The second kappa shape index (κ2) is 19.1. The van der Waals surface area contributed by atoms with E-state index in [-0.39, 0.29) is 17.5 Å². The Bertz CT molecular complexity index is 1240. The predicted octanol–water partition coefficient (Wildman–Crippen LogP) is 16.8. The molecule has 0 aromatic rings. The van der Waals surface area contributed by atoms with Crippen molar-refractivity contribution in [1.82, 2.24) is 0 Å². The van der Waals surface area contributed by atoms with Gasteiger partial charge in [-0.15, -0.1) is 0 Å². The Morgan fingerprint density at radius 2 is 1.15 bits per heavy atom. The lowest BCUT2D eigenvalue weighted by molar-refractivity contribution is -0.215. The summed E-state index contributed by atoms with van der Waals surface area (Å²) in [5, 5.41) is 0. The molecule has 2 nitrogen and oxygen atoms in total. The summed E-state index contributed by atoms with van der Waals surface area (Å²) < 4.78 is 6.46. The lowest BCUT2D eigenvalue weighted by Gasteiger charge is -2.72. The summed E-state index contributed by atoms with van der Waals surface area (Å²) in [5.41, 5.74) is 3.74. The van der Waals surface area contributed by atoms with Gasteiger partial charge in [0.1, 0.15) is 6.10 Å². The maximum absolute atomic E-state index is 13.3. The van der Waals surface area contributed by atoms with E-state index in [9.17, 15) is 4.79 Å². The third kappa shape index (κ3) is 9.82. The summed E-state index contributed by atoms with van der Waals surface area (Å²) in [6, 6.07) is 0. The first-order chi connectivity index (χ1) is 26.1. The molecule has 0 amide bonds. The van der Waals surface area contributed by atoms with Crippen LogP contribution in [-0.4, -0.2) is 12.1 Å². The molecule has 0 spiro atoms. The van der Waals surface area contributed by atoms with Crippen LogP contribution in [0.4, 0.5) is 0 Å². The average molecular weight is 763 g/mol. The molecule has 5 aliphatic carbocycles. The van der Waals surface area contributed by atoms with E-state index in [0.717, 1.165) is 24.7 Å². The number of unbranched alkanes of at least 4 members (excludes halogenated alkanes) is 18. The van der Waals surface area contributed by atoms with E-state index in [2.05, 4.69) is 75.3 Å². The molecule has 0 radical (unpaired) electrons. The van der Waals surface area contributed by atoms with Gasteiger partial charge < -0.3 is 4.74 Å². The Morgan fingerprint density at radius 1 is 0.618 bits per heavy atom. The molecule has 4 saturated carbocycles. The molecule has 9 atom stereocenters. The maximum atomic E-state index is 13.3. The first-order valence-electron chi connectivity index (χ1n) is 25.0. The number of hydrogen-bond donors (Lipinski definition) is 0. The molecule has 0 saturated heterocycles. The van der Waals surface area contributed by atoms with Crippen molar-refractivity contribution in [3.05, 3.63) is 11.6 Å². The number of esters is 1. The summed E-state index contributed by atoms with van der Waals surface area (Å²) in [7, 11) is 0. The number of carbonyl (C=O) groups excluding carboxylic acids is 1. The van der Waals surface area contributed by atoms with Gasteiger partial charge in [0, 0.05) is 11.8 Å². The standard InChI is InChI=1S/C53H94O2/c1-11-12-13-14-15-16-17-18-19-20-21-22-23-24-25-26-27-28-29-30-47(54)55-46-34-35-51(8)44(49(46,5)6)33-36-52(9)45(51)32-31-42-43-40-48(3,4)37-38-50(43,7)41(2)39-53(42,52)10/h31,41,43-46H,11-30,32-40H2,1-10H3/t41-,43+,44-,45+,46+,50+,51-,52+,53+/m0/s1. The molecule has 0 unspecified atom stereocenters. The van der Waals surface area contributed by atoms with Gasteiger partial charge >= 0.3 is 5.97 Å². The highest BCUT2D eigenvalue weighted by atomic mass is 16.5. The van der Waals surface area contributed by atoms with Gasteiger partial charge in [0.15, 0.2) is 0 Å². The van der Waals surface area contributed by atoms with Gasteiger partial charge in [0.25, 0.3) is 0 Å². The Balaban J connectivity index is 1.01. The van der Waals surface area contributed by atoms with Gasteiger partial charge in [-0.25, -0.2) is 0 Å². The van der Waals surface area contributed by atoms with Crippen molar-refractivity contribution < 1.29 is 9.53 Å². The first kappa shape index (κ1) is 45.3. The number of allylic oxidation sites excluding steroid dienone is 2. The van der Waals surface area contributed by atoms with Crippen molar-refractivity contribution in [3.8, 4) is 0 Å². The minimum absolute atomic E-state index is 0.0221. The molecule has 4 fully saturated rings. The lowest BCUT2D eigenvalue weighted by Crippen LogP contribution is -2.65. The van der Waals surface area contributed by atoms with E-state index in [0.29, 0.717) is 45.3 Å². The second-order valence-corrected chi connectivity index (χ2v) is 23.3. The Hall–Kier alpha value is -0.790. The van der Waals surface area contributed by atoms with Crippen molar-refractivity contribution >= 4 is 5.97 Å². The summed E-state index contributed by atoms with van der Waals surface area (Å²) in [5.74, 6) is 2.91. The molecular weight excluding hydrogens is 669 g/mol. The largest absolute Gasteiger partial charge is 0.462 e. The quantitative estimate of drug-likeness (QED) is 0.0661. The third-order valence-electron chi connectivity index (χ3n) is 18.8. The molecule has 0 aromatic heterocycles. The maximum Gasteiger partial charge on any atom is 0.306 e. The highest BCUT2D eigenvalue weighted by Crippen LogP contribution is 2.76. The van der Waals surface area contributed by atoms with E-state index in [1.165, 1.54) is 167 Å². The fourth-order valence-corrected chi connectivity index (χ4v) is 14.7. The number of carbonyl (C=O) groups is 1. The molecule has 0 N–H and O–H groups in total. The second-order valence-electron chi connectivity index (χ2n) is 23.3. The van der Waals surface area contributed by atoms with E-state index in [4.69, 9.17) is 4.74 Å². The molecule has 5 aliphatic rings. The Morgan fingerprint density at radius 3 is 1.69 bits per heavy atom. The van der Waals surface area contributed by atoms with Crippen LogP contribution >= 0.6 is 0 Å². The average Bonchev–Trinajstić information content (AvgIpc) is 3.12. The minimum Gasteiger partial charge on any atom is -0.462 e. The molecule has 2 heteroatoms. The Labute approximate surface area is 343 Å². The minimum atomic E-state index is 0.0221. The number of rotatable bonds is 21.